The molecule has 0 amide bonds. The predicted molar refractivity (Wildman–Crippen MR) is 84.1 cm³/mol. The molecule has 4 rings (SSSR count). The molecule has 1 aliphatic heterocycles. The Balaban J connectivity index is 1.67. The highest BCUT2D eigenvalue weighted by Gasteiger charge is 2.26. The van der Waals surface area contributed by atoms with Crippen molar-refractivity contribution in [3.63, 3.8) is 0 Å². The van der Waals surface area contributed by atoms with Gasteiger partial charge in [0.2, 0.25) is 5.78 Å². The number of aromatic nitrogens is 4. The molecule has 3 aromatic rings. The first-order chi connectivity index (χ1) is 11.2. The predicted octanol–water partition coefficient (Wildman–Crippen LogP) is 2.05. The van der Waals surface area contributed by atoms with Crippen molar-refractivity contribution in [2.45, 2.75) is 38.8 Å². The van der Waals surface area contributed by atoms with Crippen LogP contribution in [0, 0.1) is 6.92 Å². The van der Waals surface area contributed by atoms with Gasteiger partial charge in [-0.05, 0) is 26.3 Å². The zero-order valence-electron chi connectivity index (χ0n) is 13.0. The van der Waals surface area contributed by atoms with Gasteiger partial charge in [0.25, 0.3) is 5.56 Å². The summed E-state index contributed by atoms with van der Waals surface area (Å²) in [5, 5.41) is 4.09. The lowest BCUT2D eigenvalue weighted by Crippen LogP contribution is -2.34. The first-order valence-electron chi connectivity index (χ1n) is 7.93. The Kier molecular flexibility index (Phi) is 3.49. The normalized spacial score (nSPS) is 19.4. The molecule has 0 aliphatic carbocycles. The number of hydrogen-bond acceptors (Lipinski definition) is 5. The van der Waals surface area contributed by atoms with Crippen molar-refractivity contribution in [1.82, 2.24) is 24.4 Å². The number of imidazole rings is 1. The Morgan fingerprint density at radius 3 is 3.13 bits per heavy atom. The highest BCUT2D eigenvalue weighted by Crippen LogP contribution is 2.30. The van der Waals surface area contributed by atoms with Crippen molar-refractivity contribution in [3.05, 3.63) is 52.0 Å². The molecule has 1 N–H and O–H groups in total. The minimum absolute atomic E-state index is 0.0472. The van der Waals surface area contributed by atoms with Gasteiger partial charge in [-0.2, -0.15) is 0 Å². The average Bonchev–Trinajstić information content (AvgIpc) is 3.17. The number of nitrogens with one attached hydrogen (secondary N) is 1. The minimum atomic E-state index is -0.0472. The van der Waals surface area contributed by atoms with Crippen LogP contribution in [0.3, 0.4) is 0 Å². The second-order valence-electron chi connectivity index (χ2n) is 6.09. The Hall–Kier alpha value is -2.41. The molecule has 120 valence electrons. The summed E-state index contributed by atoms with van der Waals surface area (Å²) in [6, 6.07) is 3.83. The smallest absolute Gasteiger partial charge is 0.259 e. The van der Waals surface area contributed by atoms with E-state index in [4.69, 9.17) is 4.52 Å². The summed E-state index contributed by atoms with van der Waals surface area (Å²) in [5.74, 6) is 1.41. The maximum Gasteiger partial charge on any atom is 0.259 e. The van der Waals surface area contributed by atoms with Crippen molar-refractivity contribution in [1.29, 1.82) is 0 Å². The van der Waals surface area contributed by atoms with Gasteiger partial charge in [0, 0.05) is 36.8 Å². The number of aryl methyl sites for hydroxylation is 1. The molecular formula is C16H19N5O2. The van der Waals surface area contributed by atoms with Crippen LogP contribution in [0.2, 0.25) is 0 Å². The van der Waals surface area contributed by atoms with E-state index in [2.05, 4.69) is 20.0 Å². The van der Waals surface area contributed by atoms with E-state index in [-0.39, 0.29) is 11.6 Å². The Labute approximate surface area is 132 Å². The molecule has 0 spiro atoms. The fraction of sp³-hybridized carbons (Fsp3) is 0.438. The summed E-state index contributed by atoms with van der Waals surface area (Å²) in [5.41, 5.74) is 1.81. The SMILES string of the molecule is Cc1cc(CN2CCCCC2c2cc(=O)n3ccnc3[nH]2)no1. The fourth-order valence-electron chi connectivity index (χ4n) is 3.35. The van der Waals surface area contributed by atoms with E-state index < -0.39 is 0 Å². The van der Waals surface area contributed by atoms with Crippen molar-refractivity contribution in [2.75, 3.05) is 6.54 Å². The van der Waals surface area contributed by atoms with Gasteiger partial charge >= 0.3 is 0 Å². The molecule has 0 bridgehead atoms. The van der Waals surface area contributed by atoms with Crippen LogP contribution in [0.4, 0.5) is 0 Å². The van der Waals surface area contributed by atoms with Crippen LogP contribution in [0.5, 0.6) is 0 Å². The highest BCUT2D eigenvalue weighted by molar-refractivity contribution is 5.30. The second kappa shape index (κ2) is 5.66. The van der Waals surface area contributed by atoms with Gasteiger partial charge in [0.05, 0.1) is 11.7 Å². The van der Waals surface area contributed by atoms with E-state index in [0.29, 0.717) is 5.78 Å². The molecule has 1 saturated heterocycles. The molecule has 23 heavy (non-hydrogen) atoms. The number of rotatable bonds is 3. The largest absolute Gasteiger partial charge is 0.361 e. The maximum absolute atomic E-state index is 12.2. The van der Waals surface area contributed by atoms with Crippen LogP contribution in [0.25, 0.3) is 5.78 Å². The number of H-pyrrole nitrogens is 1. The monoisotopic (exact) mass is 313 g/mol. The number of piperidine rings is 1. The van der Waals surface area contributed by atoms with Gasteiger partial charge in [-0.1, -0.05) is 11.6 Å². The second-order valence-corrected chi connectivity index (χ2v) is 6.09. The van der Waals surface area contributed by atoms with Gasteiger partial charge in [-0.15, -0.1) is 0 Å². The summed E-state index contributed by atoms with van der Waals surface area (Å²) < 4.78 is 6.69. The molecule has 7 nitrogen and oxygen atoms in total. The Morgan fingerprint density at radius 1 is 1.39 bits per heavy atom. The number of nitrogens with zero attached hydrogens (tertiary/aromatic N) is 4. The van der Waals surface area contributed by atoms with Gasteiger partial charge in [0.1, 0.15) is 5.76 Å². The molecule has 0 aromatic carbocycles. The Bertz CT molecular complexity index is 878. The summed E-state index contributed by atoms with van der Waals surface area (Å²) in [6.45, 7) is 3.61. The van der Waals surface area contributed by atoms with E-state index in [9.17, 15) is 4.79 Å². The van der Waals surface area contributed by atoms with Gasteiger partial charge < -0.3 is 9.51 Å². The lowest BCUT2D eigenvalue weighted by molar-refractivity contribution is 0.134. The molecule has 7 heteroatoms. The van der Waals surface area contributed by atoms with E-state index in [0.717, 1.165) is 49.5 Å². The first kappa shape index (κ1) is 14.2. The molecule has 3 aromatic heterocycles. The quantitative estimate of drug-likeness (QED) is 0.800. The van der Waals surface area contributed by atoms with Crippen LogP contribution in [0.1, 0.15) is 42.5 Å². The molecular weight excluding hydrogens is 294 g/mol. The lowest BCUT2D eigenvalue weighted by Gasteiger charge is -2.35. The van der Waals surface area contributed by atoms with E-state index in [1.54, 1.807) is 18.5 Å². The van der Waals surface area contributed by atoms with Gasteiger partial charge in [-0.25, -0.2) is 4.98 Å². The van der Waals surface area contributed by atoms with Crippen molar-refractivity contribution >= 4 is 5.78 Å². The topological polar surface area (TPSA) is 79.4 Å². The Morgan fingerprint density at radius 2 is 2.30 bits per heavy atom. The summed E-state index contributed by atoms with van der Waals surface area (Å²) >= 11 is 0. The number of fused-ring (bicyclic) bond motifs is 1. The standard InChI is InChI=1S/C16H19N5O2/c1-11-8-12(19-23-11)10-20-6-3-2-4-14(20)13-9-15(22)21-7-5-17-16(21)18-13/h5,7-9,14H,2-4,6,10H2,1H3,(H,17,18). The zero-order valence-corrected chi connectivity index (χ0v) is 13.0. The molecule has 1 unspecified atom stereocenters. The third-order valence-electron chi connectivity index (χ3n) is 4.43. The number of likely N-dealkylation sites (tertiary alicyclic amines) is 1. The van der Waals surface area contributed by atoms with Crippen molar-refractivity contribution < 1.29 is 4.52 Å². The molecule has 1 atom stereocenters. The highest BCUT2D eigenvalue weighted by atomic mass is 16.5. The molecule has 1 fully saturated rings. The maximum atomic E-state index is 12.2. The van der Waals surface area contributed by atoms with Crippen LogP contribution in [-0.2, 0) is 6.54 Å². The molecule has 0 radical (unpaired) electrons. The average molecular weight is 313 g/mol. The van der Waals surface area contributed by atoms with Gasteiger partial charge in [0.15, 0.2) is 0 Å². The van der Waals surface area contributed by atoms with Crippen molar-refractivity contribution in [3.8, 4) is 0 Å². The lowest BCUT2D eigenvalue weighted by atomic mass is 9.99. The van der Waals surface area contributed by atoms with Crippen LogP contribution >= 0.6 is 0 Å². The third kappa shape index (κ3) is 2.68. The first-order valence-corrected chi connectivity index (χ1v) is 7.93. The number of hydrogen-bond donors (Lipinski definition) is 1. The zero-order chi connectivity index (χ0) is 15.8. The molecule has 1 aliphatic rings. The fourth-order valence-corrected chi connectivity index (χ4v) is 3.35. The van der Waals surface area contributed by atoms with Crippen molar-refractivity contribution in [2.24, 2.45) is 0 Å². The van der Waals surface area contributed by atoms with Crippen LogP contribution in [-0.4, -0.2) is 31.0 Å². The summed E-state index contributed by atoms with van der Waals surface area (Å²) in [4.78, 5) is 22.1. The third-order valence-corrected chi connectivity index (χ3v) is 4.43. The van der Waals surface area contributed by atoms with Crippen LogP contribution in [0.15, 0.2) is 33.8 Å². The van der Waals surface area contributed by atoms with Crippen LogP contribution < -0.4 is 5.56 Å². The number of aromatic amines is 1. The van der Waals surface area contributed by atoms with E-state index in [1.165, 1.54) is 4.40 Å². The summed E-state index contributed by atoms with van der Waals surface area (Å²) in [7, 11) is 0. The molecule has 0 saturated carbocycles. The minimum Gasteiger partial charge on any atom is -0.361 e. The van der Waals surface area contributed by atoms with Gasteiger partial charge in [-0.3, -0.25) is 14.1 Å². The molecule has 4 heterocycles. The van der Waals surface area contributed by atoms with E-state index in [1.807, 2.05) is 13.0 Å². The van der Waals surface area contributed by atoms with E-state index >= 15 is 0 Å². The summed E-state index contributed by atoms with van der Waals surface area (Å²) in [6.07, 6.45) is 6.64.